The highest BCUT2D eigenvalue weighted by Gasteiger charge is 2.20. The Balaban J connectivity index is 3.42. The number of hydrogen-bond donors (Lipinski definition) is 0. The second kappa shape index (κ2) is 5.19. The predicted molar refractivity (Wildman–Crippen MR) is 72.6 cm³/mol. The van der Waals surface area contributed by atoms with Gasteiger partial charge in [-0.2, -0.15) is 0 Å². The Labute approximate surface area is 107 Å². The lowest BCUT2D eigenvalue weighted by atomic mass is 9.98. The van der Waals surface area contributed by atoms with E-state index in [0.717, 1.165) is 5.75 Å². The third kappa shape index (κ3) is 2.41. The zero-order valence-corrected chi connectivity index (χ0v) is 12.5. The summed E-state index contributed by atoms with van der Waals surface area (Å²) in [6.07, 6.45) is 0. The molecule has 0 N–H and O–H groups in total. The number of nitrogens with zero attached hydrogens (tertiary/aromatic N) is 1. The summed E-state index contributed by atoms with van der Waals surface area (Å²) in [5.41, 5.74) is 4.97. The zero-order valence-electron chi connectivity index (χ0n) is 10.9. The van der Waals surface area contributed by atoms with Crippen LogP contribution in [-0.2, 0) is 0 Å². The van der Waals surface area contributed by atoms with Gasteiger partial charge in [-0.25, -0.2) is 0 Å². The second-order valence-electron chi connectivity index (χ2n) is 4.38. The van der Waals surface area contributed by atoms with Crippen molar-refractivity contribution in [2.75, 3.05) is 21.2 Å². The second-order valence-corrected chi connectivity index (χ2v) is 5.25. The van der Waals surface area contributed by atoms with E-state index < -0.39 is 0 Å². The fourth-order valence-corrected chi connectivity index (χ4v) is 2.46. The molecule has 0 saturated carbocycles. The van der Waals surface area contributed by atoms with Crippen molar-refractivity contribution in [1.29, 1.82) is 0 Å². The maximum absolute atomic E-state index is 5.55. The highest BCUT2D eigenvalue weighted by atomic mass is 79.9. The van der Waals surface area contributed by atoms with Gasteiger partial charge in [0.1, 0.15) is 5.75 Å². The van der Waals surface area contributed by atoms with Crippen LogP contribution in [0.5, 0.6) is 5.75 Å². The Kier molecular flexibility index (Phi) is 4.39. The Morgan fingerprint density at radius 2 is 1.75 bits per heavy atom. The summed E-state index contributed by atoms with van der Waals surface area (Å²) in [5.74, 6) is 0.994. The number of halogens is 1. The van der Waals surface area contributed by atoms with Crippen LogP contribution in [0.1, 0.15) is 27.2 Å². The van der Waals surface area contributed by atoms with Crippen molar-refractivity contribution >= 4 is 15.9 Å². The van der Waals surface area contributed by atoms with Crippen molar-refractivity contribution in [2.45, 2.75) is 25.7 Å². The molecule has 0 aromatic heterocycles. The first-order valence-electron chi connectivity index (χ1n) is 5.35. The fraction of sp³-hybridized carbons (Fsp3) is 0.538. The van der Waals surface area contributed by atoms with E-state index in [1.165, 1.54) is 22.3 Å². The van der Waals surface area contributed by atoms with E-state index in [1.807, 2.05) is 14.1 Å². The van der Waals surface area contributed by atoms with Gasteiger partial charge in [0.2, 0.25) is 0 Å². The minimum atomic E-state index is 0.182. The molecule has 90 valence electrons. The number of rotatable bonds is 3. The van der Waals surface area contributed by atoms with Gasteiger partial charge in [-0.1, -0.05) is 22.0 Å². The highest BCUT2D eigenvalue weighted by Crippen LogP contribution is 2.38. The summed E-state index contributed by atoms with van der Waals surface area (Å²) < 4.78 is 5.55. The molecule has 0 aliphatic rings. The lowest BCUT2D eigenvalue weighted by molar-refractivity contribution is 0.366. The summed E-state index contributed by atoms with van der Waals surface area (Å²) >= 11 is 3.70. The Morgan fingerprint density at radius 3 is 2.19 bits per heavy atom. The van der Waals surface area contributed by atoms with Crippen molar-refractivity contribution in [2.24, 2.45) is 0 Å². The molecule has 0 fully saturated rings. The largest absolute Gasteiger partial charge is 0.496 e. The first kappa shape index (κ1) is 13.5. The number of alkyl halides is 1. The summed E-state index contributed by atoms with van der Waals surface area (Å²) in [5, 5.41) is 0. The SMILES string of the molecule is COc1c(C)c(C)cc(C)c1C(Br)N(C)C. The van der Waals surface area contributed by atoms with Gasteiger partial charge in [-0.15, -0.1) is 0 Å². The van der Waals surface area contributed by atoms with Gasteiger partial charge in [0, 0.05) is 5.56 Å². The van der Waals surface area contributed by atoms with Gasteiger partial charge >= 0.3 is 0 Å². The quantitative estimate of drug-likeness (QED) is 0.622. The maximum atomic E-state index is 5.55. The molecule has 0 saturated heterocycles. The Bertz CT molecular complexity index is 388. The Morgan fingerprint density at radius 1 is 1.19 bits per heavy atom. The zero-order chi connectivity index (χ0) is 12.5. The summed E-state index contributed by atoms with van der Waals surface area (Å²) in [4.78, 5) is 2.31. The van der Waals surface area contributed by atoms with Gasteiger partial charge < -0.3 is 4.74 Å². The van der Waals surface area contributed by atoms with E-state index in [1.54, 1.807) is 7.11 Å². The van der Waals surface area contributed by atoms with Crippen molar-refractivity contribution in [1.82, 2.24) is 4.90 Å². The molecule has 0 bridgehead atoms. The molecule has 0 radical (unpaired) electrons. The average molecular weight is 286 g/mol. The van der Waals surface area contributed by atoms with Crippen molar-refractivity contribution in [3.05, 3.63) is 28.3 Å². The molecule has 3 heteroatoms. The van der Waals surface area contributed by atoms with Gasteiger partial charge in [0.25, 0.3) is 0 Å². The van der Waals surface area contributed by atoms with Gasteiger partial charge in [-0.05, 0) is 51.6 Å². The molecule has 1 rings (SSSR count). The van der Waals surface area contributed by atoms with Crippen LogP contribution < -0.4 is 4.74 Å². The number of methoxy groups -OCH3 is 1. The third-order valence-electron chi connectivity index (χ3n) is 2.93. The number of aryl methyl sites for hydroxylation is 2. The number of benzene rings is 1. The fourth-order valence-electron chi connectivity index (χ4n) is 1.89. The summed E-state index contributed by atoms with van der Waals surface area (Å²) in [6.45, 7) is 6.35. The standard InChI is InChI=1S/C13H20BrNO/c1-8-7-9(2)11(13(14)15(4)5)12(16-6)10(8)3/h7,13H,1-6H3. The van der Waals surface area contributed by atoms with Crippen LogP contribution in [0.2, 0.25) is 0 Å². The van der Waals surface area contributed by atoms with Crippen LogP contribution in [0.25, 0.3) is 0 Å². The molecule has 1 unspecified atom stereocenters. The van der Waals surface area contributed by atoms with Crippen LogP contribution in [0.4, 0.5) is 0 Å². The lowest BCUT2D eigenvalue weighted by Gasteiger charge is -2.24. The van der Waals surface area contributed by atoms with Crippen LogP contribution in [0.3, 0.4) is 0 Å². The van der Waals surface area contributed by atoms with E-state index in [-0.39, 0.29) is 4.95 Å². The normalized spacial score (nSPS) is 13.0. The maximum Gasteiger partial charge on any atom is 0.127 e. The van der Waals surface area contributed by atoms with Gasteiger partial charge in [0.05, 0.1) is 12.1 Å². The third-order valence-corrected chi connectivity index (χ3v) is 4.21. The Hall–Kier alpha value is -0.540. The van der Waals surface area contributed by atoms with Gasteiger partial charge in [0.15, 0.2) is 0 Å². The molecule has 1 atom stereocenters. The van der Waals surface area contributed by atoms with E-state index in [0.29, 0.717) is 0 Å². The van der Waals surface area contributed by atoms with Crippen LogP contribution in [-0.4, -0.2) is 26.1 Å². The molecule has 0 aliphatic carbocycles. The van der Waals surface area contributed by atoms with Crippen LogP contribution in [0, 0.1) is 20.8 Å². The van der Waals surface area contributed by atoms with Crippen molar-refractivity contribution < 1.29 is 4.74 Å². The van der Waals surface area contributed by atoms with Crippen LogP contribution >= 0.6 is 15.9 Å². The van der Waals surface area contributed by atoms with Crippen LogP contribution in [0.15, 0.2) is 6.07 Å². The monoisotopic (exact) mass is 285 g/mol. The predicted octanol–water partition coefficient (Wildman–Crippen LogP) is 3.58. The first-order chi connectivity index (χ1) is 7.40. The number of ether oxygens (including phenoxy) is 1. The molecular formula is C13H20BrNO. The molecule has 1 aromatic rings. The van der Waals surface area contributed by atoms with E-state index >= 15 is 0 Å². The minimum absolute atomic E-state index is 0.182. The molecule has 0 heterocycles. The van der Waals surface area contributed by atoms with E-state index in [9.17, 15) is 0 Å². The highest BCUT2D eigenvalue weighted by molar-refractivity contribution is 9.09. The molecule has 0 amide bonds. The topological polar surface area (TPSA) is 12.5 Å². The molecule has 1 aromatic carbocycles. The molecule has 2 nitrogen and oxygen atoms in total. The van der Waals surface area contributed by atoms with E-state index in [2.05, 4.69) is 47.7 Å². The van der Waals surface area contributed by atoms with Crippen molar-refractivity contribution in [3.63, 3.8) is 0 Å². The van der Waals surface area contributed by atoms with Crippen molar-refractivity contribution in [3.8, 4) is 5.75 Å². The summed E-state index contributed by atoms with van der Waals surface area (Å²) in [7, 11) is 5.83. The molecule has 0 spiro atoms. The lowest BCUT2D eigenvalue weighted by Crippen LogP contribution is -2.17. The molecule has 0 aliphatic heterocycles. The minimum Gasteiger partial charge on any atom is -0.496 e. The molecular weight excluding hydrogens is 266 g/mol. The first-order valence-corrected chi connectivity index (χ1v) is 6.26. The average Bonchev–Trinajstić information content (AvgIpc) is 2.21. The molecule has 16 heavy (non-hydrogen) atoms. The number of hydrogen-bond acceptors (Lipinski definition) is 2. The summed E-state index contributed by atoms with van der Waals surface area (Å²) in [6, 6.07) is 2.21. The smallest absolute Gasteiger partial charge is 0.127 e. The van der Waals surface area contributed by atoms with Gasteiger partial charge in [-0.3, -0.25) is 4.90 Å². The van der Waals surface area contributed by atoms with E-state index in [4.69, 9.17) is 4.74 Å².